The van der Waals surface area contributed by atoms with Crippen LogP contribution in [0.4, 0.5) is 10.8 Å². The first kappa shape index (κ1) is 10.3. The lowest BCUT2D eigenvalue weighted by atomic mass is 10.2. The Balaban J connectivity index is 1.98. The highest BCUT2D eigenvalue weighted by Crippen LogP contribution is 2.35. The average molecular weight is 246 g/mol. The number of hydrogen-bond donors (Lipinski definition) is 1. The first-order valence-electron chi connectivity index (χ1n) is 5.30. The van der Waals surface area contributed by atoms with Crippen molar-refractivity contribution < 1.29 is 9.90 Å². The van der Waals surface area contributed by atoms with Gasteiger partial charge >= 0.3 is 5.97 Å². The summed E-state index contributed by atoms with van der Waals surface area (Å²) in [6.45, 7) is 0.867. The number of carbonyl (C=O) groups is 1. The van der Waals surface area contributed by atoms with Crippen molar-refractivity contribution in [1.29, 1.82) is 0 Å². The number of nitrogens with zero attached hydrogens (tertiary/aromatic N) is 2. The van der Waals surface area contributed by atoms with Gasteiger partial charge in [0, 0.05) is 17.6 Å². The molecule has 0 saturated carbocycles. The molecular formula is C12H10N2O2S. The van der Waals surface area contributed by atoms with E-state index < -0.39 is 5.97 Å². The van der Waals surface area contributed by atoms with Crippen molar-refractivity contribution in [3.8, 4) is 0 Å². The summed E-state index contributed by atoms with van der Waals surface area (Å²) in [5.41, 5.74) is 2.55. The van der Waals surface area contributed by atoms with Gasteiger partial charge in [-0.3, -0.25) is 0 Å². The van der Waals surface area contributed by atoms with Crippen LogP contribution in [-0.2, 0) is 6.42 Å². The Bertz CT molecular complexity index is 579. The van der Waals surface area contributed by atoms with Crippen LogP contribution in [0.15, 0.2) is 29.6 Å². The number of hydrogen-bond acceptors (Lipinski definition) is 4. The monoisotopic (exact) mass is 246 g/mol. The number of carboxylic acids is 1. The number of benzene rings is 1. The molecule has 2 heterocycles. The molecule has 0 fully saturated rings. The maximum absolute atomic E-state index is 10.8. The molecule has 0 saturated heterocycles. The predicted octanol–water partition coefficient (Wildman–Crippen LogP) is 2.54. The van der Waals surface area contributed by atoms with Crippen molar-refractivity contribution in [2.45, 2.75) is 6.42 Å². The van der Waals surface area contributed by atoms with E-state index in [1.165, 1.54) is 16.9 Å². The second kappa shape index (κ2) is 3.85. The van der Waals surface area contributed by atoms with Crippen molar-refractivity contribution in [2.24, 2.45) is 0 Å². The van der Waals surface area contributed by atoms with Gasteiger partial charge in [-0.2, -0.15) is 0 Å². The number of carboxylic acid groups (broad SMARTS) is 1. The zero-order valence-corrected chi connectivity index (χ0v) is 9.78. The average Bonchev–Trinajstić information content (AvgIpc) is 2.95. The van der Waals surface area contributed by atoms with Gasteiger partial charge in [-0.15, -0.1) is 11.3 Å². The normalized spacial score (nSPS) is 13.8. The summed E-state index contributed by atoms with van der Waals surface area (Å²) in [4.78, 5) is 17.0. The predicted molar refractivity (Wildman–Crippen MR) is 66.2 cm³/mol. The minimum absolute atomic E-state index is 0.120. The third kappa shape index (κ3) is 1.68. The van der Waals surface area contributed by atoms with E-state index in [2.05, 4.69) is 16.0 Å². The molecule has 0 atom stereocenters. The molecule has 0 bridgehead atoms. The number of thiazole rings is 1. The molecule has 1 aliphatic heterocycles. The summed E-state index contributed by atoms with van der Waals surface area (Å²) < 4.78 is 0. The first-order valence-corrected chi connectivity index (χ1v) is 6.18. The summed E-state index contributed by atoms with van der Waals surface area (Å²) in [7, 11) is 0. The third-order valence-corrected chi connectivity index (χ3v) is 3.69. The second-order valence-electron chi connectivity index (χ2n) is 3.85. The first-order chi connectivity index (χ1) is 8.25. The number of para-hydroxylation sites is 1. The van der Waals surface area contributed by atoms with Crippen LogP contribution in [0.1, 0.15) is 16.1 Å². The van der Waals surface area contributed by atoms with Gasteiger partial charge in [0.25, 0.3) is 0 Å². The van der Waals surface area contributed by atoms with Crippen LogP contribution < -0.4 is 4.90 Å². The minimum atomic E-state index is -0.972. The van der Waals surface area contributed by atoms with Gasteiger partial charge in [0.2, 0.25) is 0 Å². The zero-order valence-electron chi connectivity index (χ0n) is 8.96. The quantitative estimate of drug-likeness (QED) is 0.884. The van der Waals surface area contributed by atoms with Gasteiger partial charge in [-0.05, 0) is 18.1 Å². The van der Waals surface area contributed by atoms with Crippen molar-refractivity contribution in [3.63, 3.8) is 0 Å². The highest BCUT2D eigenvalue weighted by molar-refractivity contribution is 7.14. The summed E-state index contributed by atoms with van der Waals surface area (Å²) in [5, 5.41) is 11.2. The van der Waals surface area contributed by atoms with Crippen LogP contribution in [0.2, 0.25) is 0 Å². The largest absolute Gasteiger partial charge is 0.476 e. The van der Waals surface area contributed by atoms with E-state index in [0.717, 1.165) is 23.8 Å². The molecule has 17 heavy (non-hydrogen) atoms. The van der Waals surface area contributed by atoms with Crippen molar-refractivity contribution in [2.75, 3.05) is 11.4 Å². The highest BCUT2D eigenvalue weighted by atomic mass is 32.1. The van der Waals surface area contributed by atoms with Crippen LogP contribution in [0, 0.1) is 0 Å². The fourth-order valence-corrected chi connectivity index (χ4v) is 2.86. The topological polar surface area (TPSA) is 53.4 Å². The van der Waals surface area contributed by atoms with Crippen molar-refractivity contribution in [1.82, 2.24) is 4.98 Å². The van der Waals surface area contributed by atoms with E-state index in [9.17, 15) is 4.79 Å². The lowest BCUT2D eigenvalue weighted by Gasteiger charge is -2.15. The molecule has 0 spiro atoms. The van der Waals surface area contributed by atoms with Crippen molar-refractivity contribution >= 4 is 28.1 Å². The lowest BCUT2D eigenvalue weighted by molar-refractivity contribution is 0.0691. The molecule has 1 aliphatic rings. The molecule has 86 valence electrons. The summed E-state index contributed by atoms with van der Waals surface area (Å²) in [5.74, 6) is -0.972. The van der Waals surface area contributed by atoms with Crippen LogP contribution in [0.25, 0.3) is 0 Å². The smallest absolute Gasteiger partial charge is 0.355 e. The Labute approximate surface area is 102 Å². The van der Waals surface area contributed by atoms with E-state index in [1.807, 2.05) is 18.2 Å². The molecule has 4 nitrogen and oxygen atoms in total. The van der Waals surface area contributed by atoms with E-state index >= 15 is 0 Å². The fourth-order valence-electron chi connectivity index (χ4n) is 2.02. The van der Waals surface area contributed by atoms with Gasteiger partial charge < -0.3 is 10.0 Å². The Morgan fingerprint density at radius 2 is 2.24 bits per heavy atom. The minimum Gasteiger partial charge on any atom is -0.476 e. The zero-order chi connectivity index (χ0) is 11.8. The molecule has 0 unspecified atom stereocenters. The second-order valence-corrected chi connectivity index (χ2v) is 4.69. The molecule has 0 amide bonds. The molecule has 2 aromatic rings. The Kier molecular flexibility index (Phi) is 2.33. The molecule has 5 heteroatoms. The standard InChI is InChI=1S/C12H10N2O2S/c15-11(16)9-7-17-12(13-9)14-6-5-8-3-1-2-4-10(8)14/h1-4,7H,5-6H2,(H,15,16). The van der Waals surface area contributed by atoms with E-state index in [4.69, 9.17) is 5.11 Å². The number of anilines is 2. The number of rotatable bonds is 2. The fraction of sp³-hybridized carbons (Fsp3) is 0.167. The maximum atomic E-state index is 10.8. The number of aromatic nitrogens is 1. The molecule has 0 radical (unpaired) electrons. The summed E-state index contributed by atoms with van der Waals surface area (Å²) in [6.07, 6.45) is 0.984. The SMILES string of the molecule is O=C(O)c1csc(N2CCc3ccccc32)n1. The highest BCUT2D eigenvalue weighted by Gasteiger charge is 2.22. The third-order valence-electron chi connectivity index (χ3n) is 2.83. The molecular weight excluding hydrogens is 236 g/mol. The molecule has 1 aromatic heterocycles. The van der Waals surface area contributed by atoms with E-state index in [0.29, 0.717) is 0 Å². The van der Waals surface area contributed by atoms with Gasteiger partial charge in [0.15, 0.2) is 10.8 Å². The Morgan fingerprint density at radius 3 is 3.00 bits per heavy atom. The van der Waals surface area contributed by atoms with Crippen LogP contribution in [-0.4, -0.2) is 22.6 Å². The summed E-state index contributed by atoms with van der Waals surface area (Å²) in [6, 6.07) is 8.15. The number of aromatic carboxylic acids is 1. The Morgan fingerprint density at radius 1 is 1.41 bits per heavy atom. The summed E-state index contributed by atoms with van der Waals surface area (Å²) >= 11 is 1.37. The molecule has 1 aromatic carbocycles. The van der Waals surface area contributed by atoms with Crippen LogP contribution >= 0.6 is 11.3 Å². The van der Waals surface area contributed by atoms with Gasteiger partial charge in [0.05, 0.1) is 0 Å². The van der Waals surface area contributed by atoms with Crippen molar-refractivity contribution in [3.05, 3.63) is 40.9 Å². The maximum Gasteiger partial charge on any atom is 0.355 e. The molecule has 1 N–H and O–H groups in total. The van der Waals surface area contributed by atoms with Gasteiger partial charge in [0.1, 0.15) is 0 Å². The number of fused-ring (bicyclic) bond motifs is 1. The lowest BCUT2D eigenvalue weighted by Crippen LogP contribution is -2.13. The van der Waals surface area contributed by atoms with Crippen LogP contribution in [0.5, 0.6) is 0 Å². The molecule has 0 aliphatic carbocycles. The van der Waals surface area contributed by atoms with Gasteiger partial charge in [-0.1, -0.05) is 18.2 Å². The van der Waals surface area contributed by atoms with Gasteiger partial charge in [-0.25, -0.2) is 9.78 Å². The Hall–Kier alpha value is -1.88. The van der Waals surface area contributed by atoms with E-state index in [-0.39, 0.29) is 5.69 Å². The molecule has 3 rings (SSSR count). The van der Waals surface area contributed by atoms with E-state index in [1.54, 1.807) is 5.38 Å². The van der Waals surface area contributed by atoms with Crippen LogP contribution in [0.3, 0.4) is 0 Å².